The van der Waals surface area contributed by atoms with Crippen LogP contribution in [0.2, 0.25) is 0 Å². The zero-order chi connectivity index (χ0) is 25.3. The number of hydrogen-bond acceptors (Lipinski definition) is 4. The van der Waals surface area contributed by atoms with Crippen molar-refractivity contribution in [3.05, 3.63) is 35.4 Å². The number of ether oxygens (including phenoxy) is 1. The zero-order valence-electron chi connectivity index (χ0n) is 22.4. The summed E-state index contributed by atoms with van der Waals surface area (Å²) in [6.45, 7) is 4.64. The number of benzene rings is 1. The molecule has 36 heavy (non-hydrogen) atoms. The number of amides is 3. The van der Waals surface area contributed by atoms with Crippen LogP contribution in [0.4, 0.5) is 9.59 Å². The maximum atomic E-state index is 12.6. The number of hydrogen-bond donors (Lipinski definition) is 1. The van der Waals surface area contributed by atoms with Crippen molar-refractivity contribution in [2.75, 3.05) is 33.8 Å². The van der Waals surface area contributed by atoms with E-state index in [2.05, 4.69) is 39.4 Å². The van der Waals surface area contributed by atoms with Crippen molar-refractivity contribution in [1.82, 2.24) is 20.0 Å². The average Bonchev–Trinajstić information content (AvgIpc) is 3.32. The highest BCUT2D eigenvalue weighted by molar-refractivity contribution is 5.74. The Labute approximate surface area is 216 Å². The van der Waals surface area contributed by atoms with Gasteiger partial charge < -0.3 is 24.8 Å². The van der Waals surface area contributed by atoms with Crippen LogP contribution in [0.1, 0.15) is 88.3 Å². The van der Waals surface area contributed by atoms with Gasteiger partial charge in [-0.25, -0.2) is 9.59 Å². The van der Waals surface area contributed by atoms with Gasteiger partial charge in [0.2, 0.25) is 0 Å². The molecule has 1 aromatic carbocycles. The van der Waals surface area contributed by atoms with E-state index >= 15 is 0 Å². The van der Waals surface area contributed by atoms with Gasteiger partial charge in [-0.3, -0.25) is 0 Å². The number of carbonyl (C=O) groups excluding carboxylic acids is 2. The van der Waals surface area contributed by atoms with Crippen LogP contribution in [0.15, 0.2) is 24.3 Å². The van der Waals surface area contributed by atoms with Crippen LogP contribution in [-0.4, -0.2) is 78.7 Å². The van der Waals surface area contributed by atoms with Crippen LogP contribution >= 0.6 is 0 Å². The van der Waals surface area contributed by atoms with Crippen molar-refractivity contribution >= 4 is 12.1 Å². The molecule has 0 radical (unpaired) electrons. The molecule has 3 atom stereocenters. The number of piperidine rings is 1. The summed E-state index contributed by atoms with van der Waals surface area (Å²) in [4.78, 5) is 31.4. The van der Waals surface area contributed by atoms with Crippen LogP contribution in [-0.2, 0) is 10.2 Å². The van der Waals surface area contributed by atoms with Crippen molar-refractivity contribution in [2.45, 2.75) is 101 Å². The number of fused-ring (bicyclic) bond motifs is 4. The second-order valence-electron chi connectivity index (χ2n) is 11.6. The summed E-state index contributed by atoms with van der Waals surface area (Å²) in [5, 5.41) is 3.24. The van der Waals surface area contributed by atoms with E-state index in [1.54, 1.807) is 19.0 Å². The molecule has 0 saturated carbocycles. The highest BCUT2D eigenvalue weighted by Crippen LogP contribution is 2.48. The first kappa shape index (κ1) is 25.4. The molecule has 3 saturated heterocycles. The van der Waals surface area contributed by atoms with E-state index in [1.807, 2.05) is 6.92 Å². The zero-order valence-corrected chi connectivity index (χ0v) is 22.4. The molecule has 3 heterocycles. The highest BCUT2D eigenvalue weighted by Gasteiger charge is 2.44. The Kier molecular flexibility index (Phi) is 7.47. The molecule has 7 nitrogen and oxygen atoms in total. The molecule has 1 aliphatic carbocycles. The summed E-state index contributed by atoms with van der Waals surface area (Å²) in [5.41, 5.74) is 3.00. The number of carbonyl (C=O) groups is 2. The van der Waals surface area contributed by atoms with Gasteiger partial charge in [0.15, 0.2) is 0 Å². The molecule has 2 unspecified atom stereocenters. The molecule has 1 N–H and O–H groups in total. The monoisotopic (exact) mass is 496 g/mol. The fourth-order valence-corrected chi connectivity index (χ4v) is 7.56. The first-order chi connectivity index (χ1) is 17.4. The minimum atomic E-state index is -0.0978. The van der Waals surface area contributed by atoms with E-state index < -0.39 is 0 Å². The number of likely N-dealkylation sites (tertiary alicyclic amines) is 1. The fraction of sp³-hybridized carbons (Fsp3) is 0.724. The van der Waals surface area contributed by atoms with Gasteiger partial charge in [0, 0.05) is 32.2 Å². The summed E-state index contributed by atoms with van der Waals surface area (Å²) in [5.74, 6) is 0. The molecule has 3 fully saturated rings. The quantitative estimate of drug-likeness (QED) is 0.635. The van der Waals surface area contributed by atoms with Gasteiger partial charge >= 0.3 is 12.1 Å². The van der Waals surface area contributed by atoms with Gasteiger partial charge in [0.1, 0.15) is 0 Å². The largest absolute Gasteiger partial charge is 0.450 e. The van der Waals surface area contributed by atoms with Crippen LogP contribution in [0.5, 0.6) is 0 Å². The van der Waals surface area contributed by atoms with Gasteiger partial charge in [-0.1, -0.05) is 24.3 Å². The molecule has 3 aliphatic heterocycles. The van der Waals surface area contributed by atoms with Crippen molar-refractivity contribution in [3.63, 3.8) is 0 Å². The van der Waals surface area contributed by atoms with Crippen LogP contribution in [0.25, 0.3) is 0 Å². The van der Waals surface area contributed by atoms with E-state index in [4.69, 9.17) is 4.74 Å². The lowest BCUT2D eigenvalue weighted by molar-refractivity contribution is 0.0556. The Hall–Kier alpha value is -2.28. The Bertz CT molecular complexity index is 926. The summed E-state index contributed by atoms with van der Waals surface area (Å²) in [7, 11) is 3.60. The maximum Gasteiger partial charge on any atom is 0.410 e. The Morgan fingerprint density at radius 2 is 1.56 bits per heavy atom. The van der Waals surface area contributed by atoms with Crippen LogP contribution < -0.4 is 5.32 Å². The molecule has 1 aromatic rings. The lowest BCUT2D eigenvalue weighted by Gasteiger charge is -2.49. The van der Waals surface area contributed by atoms with Gasteiger partial charge in [-0.05, 0) is 101 Å². The Balaban J connectivity index is 1.23. The number of urea groups is 1. The molecule has 5 rings (SSSR count). The lowest BCUT2D eigenvalue weighted by Crippen LogP contribution is -2.51. The summed E-state index contributed by atoms with van der Waals surface area (Å²) in [6, 6.07) is 10.2. The normalized spacial score (nSPS) is 29.7. The molecular formula is C29H44N4O3. The SMILES string of the molecule is CCOC(=O)N1C2CCC(N3CCC4(CC[C@@H](NC(=O)N(C)C)c5ccccc54)CC3)CCC1CC2. The third-order valence-electron chi connectivity index (χ3n) is 9.56. The number of rotatable bonds is 3. The van der Waals surface area contributed by atoms with E-state index in [0.29, 0.717) is 24.7 Å². The number of nitrogens with one attached hydrogen (secondary N) is 1. The Morgan fingerprint density at radius 3 is 2.17 bits per heavy atom. The molecule has 0 aromatic heterocycles. The minimum Gasteiger partial charge on any atom is -0.450 e. The minimum absolute atomic E-state index is 0.0136. The first-order valence-electron chi connectivity index (χ1n) is 14.2. The molecule has 2 bridgehead atoms. The van der Waals surface area contributed by atoms with E-state index in [0.717, 1.165) is 51.6 Å². The van der Waals surface area contributed by atoms with Crippen LogP contribution in [0.3, 0.4) is 0 Å². The summed E-state index contributed by atoms with van der Waals surface area (Å²) in [6.07, 6.45) is 11.2. The van der Waals surface area contributed by atoms with Gasteiger partial charge in [0.05, 0.1) is 12.6 Å². The second kappa shape index (κ2) is 10.6. The molecule has 3 amide bonds. The van der Waals surface area contributed by atoms with Crippen molar-refractivity contribution in [2.24, 2.45) is 0 Å². The average molecular weight is 497 g/mol. The van der Waals surface area contributed by atoms with Gasteiger partial charge in [-0.2, -0.15) is 0 Å². The fourth-order valence-electron chi connectivity index (χ4n) is 7.56. The van der Waals surface area contributed by atoms with E-state index in [1.165, 1.54) is 36.8 Å². The number of nitrogens with zero attached hydrogens (tertiary/aromatic N) is 3. The van der Waals surface area contributed by atoms with Crippen molar-refractivity contribution in [3.8, 4) is 0 Å². The standard InChI is InChI=1S/C29H44N4O3/c1-4-36-28(35)33-22-11-9-21(10-12-23(33)14-13-22)32-19-17-29(18-20-32)16-15-26(30-27(34)31(2)3)24-7-5-6-8-25(24)29/h5-8,21-23,26H,4,9-20H2,1-3H3,(H,30,34)/t21?,22?,23?,26-/m1/s1. The molecule has 198 valence electrons. The molecule has 1 spiro atoms. The first-order valence-corrected chi connectivity index (χ1v) is 14.2. The predicted octanol–water partition coefficient (Wildman–Crippen LogP) is 5.06. The van der Waals surface area contributed by atoms with E-state index in [9.17, 15) is 9.59 Å². The summed E-state index contributed by atoms with van der Waals surface area (Å²) < 4.78 is 5.39. The molecule has 4 aliphatic rings. The topological polar surface area (TPSA) is 65.1 Å². The highest BCUT2D eigenvalue weighted by atomic mass is 16.6. The lowest BCUT2D eigenvalue weighted by atomic mass is 9.63. The smallest absolute Gasteiger partial charge is 0.410 e. The Morgan fingerprint density at radius 1 is 0.944 bits per heavy atom. The third-order valence-corrected chi connectivity index (χ3v) is 9.56. The second-order valence-corrected chi connectivity index (χ2v) is 11.6. The van der Waals surface area contributed by atoms with E-state index in [-0.39, 0.29) is 23.6 Å². The van der Waals surface area contributed by atoms with Crippen molar-refractivity contribution < 1.29 is 14.3 Å². The van der Waals surface area contributed by atoms with Gasteiger partial charge in [0.25, 0.3) is 0 Å². The molecular weight excluding hydrogens is 452 g/mol. The summed E-state index contributed by atoms with van der Waals surface area (Å²) >= 11 is 0. The predicted molar refractivity (Wildman–Crippen MR) is 141 cm³/mol. The molecule has 7 heteroatoms. The maximum absolute atomic E-state index is 12.6. The van der Waals surface area contributed by atoms with Crippen LogP contribution in [0, 0.1) is 0 Å². The van der Waals surface area contributed by atoms with Gasteiger partial charge in [-0.15, -0.1) is 0 Å². The third kappa shape index (κ3) is 4.83. The van der Waals surface area contributed by atoms with Crippen molar-refractivity contribution in [1.29, 1.82) is 0 Å².